The van der Waals surface area contributed by atoms with Crippen molar-refractivity contribution in [3.05, 3.63) is 33.8 Å². The molecule has 1 aromatic heterocycles. The quantitative estimate of drug-likeness (QED) is 0.509. The summed E-state index contributed by atoms with van der Waals surface area (Å²) in [4.78, 5) is 50.8. The number of Topliss-reactive ketones (excluding diaryl/α,β-unsaturated/α-hetero) is 1. The van der Waals surface area contributed by atoms with Gasteiger partial charge in [-0.15, -0.1) is 0 Å². The molecule has 1 aliphatic heterocycles. The number of H-pyrrole nitrogens is 1. The molecule has 0 saturated heterocycles. The number of amides is 2. The van der Waals surface area contributed by atoms with Crippen LogP contribution in [0.3, 0.4) is 0 Å². The van der Waals surface area contributed by atoms with Gasteiger partial charge in [0.05, 0.1) is 23.9 Å². The Morgan fingerprint density at radius 3 is 2.33 bits per heavy atom. The fourth-order valence-electron chi connectivity index (χ4n) is 3.09. The summed E-state index contributed by atoms with van der Waals surface area (Å²) in [6.07, 6.45) is 0. The van der Waals surface area contributed by atoms with Gasteiger partial charge in [0.15, 0.2) is 5.78 Å². The van der Waals surface area contributed by atoms with E-state index in [0.29, 0.717) is 16.8 Å². The Balaban J connectivity index is 2.24. The van der Waals surface area contributed by atoms with Crippen LogP contribution < -0.4 is 10.6 Å². The average molecular weight is 377 g/mol. The fraction of sp³-hybridized carbons (Fsp3) is 0.444. The van der Waals surface area contributed by atoms with Crippen LogP contribution in [0.5, 0.6) is 0 Å². The summed E-state index contributed by atoms with van der Waals surface area (Å²) in [7, 11) is 0. The number of ether oxygens (including phenoxy) is 2. The topological polar surface area (TPSA) is 127 Å². The van der Waals surface area contributed by atoms with Gasteiger partial charge in [-0.05, 0) is 40.2 Å². The molecule has 0 fully saturated rings. The first-order valence-corrected chi connectivity index (χ1v) is 8.52. The summed E-state index contributed by atoms with van der Waals surface area (Å²) >= 11 is 0. The molecule has 0 unspecified atom stereocenters. The monoisotopic (exact) mass is 377 g/mol. The van der Waals surface area contributed by atoms with Crippen molar-refractivity contribution < 1.29 is 28.7 Å². The number of nitrogens with one attached hydrogen (secondary N) is 3. The molecular formula is C18H23N3O6. The van der Waals surface area contributed by atoms with E-state index in [1.807, 2.05) is 0 Å². The van der Waals surface area contributed by atoms with Gasteiger partial charge >= 0.3 is 18.0 Å². The predicted molar refractivity (Wildman–Crippen MR) is 95.3 cm³/mol. The molecule has 1 aromatic rings. The summed E-state index contributed by atoms with van der Waals surface area (Å²) in [6.45, 7) is 7.90. The second-order valence-electron chi connectivity index (χ2n) is 6.19. The number of carbonyl (C=O) groups excluding carboxylic acids is 4. The third-order valence-electron chi connectivity index (χ3n) is 4.21. The highest BCUT2D eigenvalue weighted by Crippen LogP contribution is 2.20. The highest BCUT2D eigenvalue weighted by atomic mass is 16.5. The van der Waals surface area contributed by atoms with Crippen LogP contribution in [0, 0.1) is 13.8 Å². The standard InChI is InChI=1S/C18H23N3O6/c1-6-26-16(23)14-10(4)20-18(25)21-12(14)7-27-17(24)15-8(2)13(11(5)22)9(3)19-15/h10,19H,6-7H2,1-5H3,(H2,20,21,25)/t10-/m0/s1. The number of aromatic nitrogens is 1. The first kappa shape index (κ1) is 20.2. The van der Waals surface area contributed by atoms with E-state index in [9.17, 15) is 19.2 Å². The van der Waals surface area contributed by atoms with Gasteiger partial charge in [0.1, 0.15) is 12.3 Å². The van der Waals surface area contributed by atoms with Gasteiger partial charge in [0.2, 0.25) is 0 Å². The number of hydrogen-bond donors (Lipinski definition) is 3. The molecule has 0 aliphatic carbocycles. The zero-order valence-electron chi connectivity index (χ0n) is 15.9. The Hall–Kier alpha value is -3.10. The lowest BCUT2D eigenvalue weighted by Crippen LogP contribution is -2.50. The lowest BCUT2D eigenvalue weighted by molar-refractivity contribution is -0.139. The van der Waals surface area contributed by atoms with Crippen molar-refractivity contribution in [3.8, 4) is 0 Å². The molecule has 2 rings (SSSR count). The molecule has 0 bridgehead atoms. The number of hydrogen-bond acceptors (Lipinski definition) is 6. The number of carbonyl (C=O) groups is 4. The van der Waals surface area contributed by atoms with Crippen LogP contribution in [0.15, 0.2) is 11.3 Å². The minimum Gasteiger partial charge on any atom is -0.463 e. The van der Waals surface area contributed by atoms with Crippen molar-refractivity contribution in [1.29, 1.82) is 0 Å². The van der Waals surface area contributed by atoms with Crippen LogP contribution >= 0.6 is 0 Å². The van der Waals surface area contributed by atoms with E-state index in [2.05, 4.69) is 15.6 Å². The van der Waals surface area contributed by atoms with Gasteiger partial charge in [-0.25, -0.2) is 14.4 Å². The zero-order valence-corrected chi connectivity index (χ0v) is 15.9. The van der Waals surface area contributed by atoms with Gasteiger partial charge in [-0.2, -0.15) is 0 Å². The normalized spacial score (nSPS) is 16.5. The predicted octanol–water partition coefficient (Wildman–Crippen LogP) is 1.51. The van der Waals surface area contributed by atoms with Gasteiger partial charge in [-0.3, -0.25) is 4.79 Å². The average Bonchev–Trinajstić information content (AvgIpc) is 2.86. The maximum absolute atomic E-state index is 12.4. The third kappa shape index (κ3) is 4.18. The number of esters is 2. The summed E-state index contributed by atoms with van der Waals surface area (Å²) in [6, 6.07) is -1.10. The van der Waals surface area contributed by atoms with Crippen LogP contribution in [-0.4, -0.2) is 48.0 Å². The van der Waals surface area contributed by atoms with E-state index in [4.69, 9.17) is 9.47 Å². The molecule has 2 amide bonds. The lowest BCUT2D eigenvalue weighted by atomic mass is 10.0. The molecule has 0 aromatic carbocycles. The Morgan fingerprint density at radius 1 is 1.11 bits per heavy atom. The van der Waals surface area contributed by atoms with Crippen molar-refractivity contribution in [1.82, 2.24) is 15.6 Å². The molecule has 0 radical (unpaired) electrons. The molecule has 9 heteroatoms. The number of ketones is 1. The fourth-order valence-corrected chi connectivity index (χ4v) is 3.09. The van der Waals surface area contributed by atoms with Crippen molar-refractivity contribution in [3.63, 3.8) is 0 Å². The molecule has 2 heterocycles. The van der Waals surface area contributed by atoms with Crippen LogP contribution in [0.1, 0.15) is 52.9 Å². The minimum absolute atomic E-state index is 0.157. The molecule has 0 spiro atoms. The molecule has 27 heavy (non-hydrogen) atoms. The van der Waals surface area contributed by atoms with Gasteiger partial charge in [-0.1, -0.05) is 0 Å². The second-order valence-corrected chi connectivity index (χ2v) is 6.19. The summed E-state index contributed by atoms with van der Waals surface area (Å²) < 4.78 is 10.3. The van der Waals surface area contributed by atoms with E-state index in [0.717, 1.165) is 0 Å². The minimum atomic E-state index is -0.695. The molecule has 146 valence electrons. The van der Waals surface area contributed by atoms with Crippen LogP contribution in [0.4, 0.5) is 4.79 Å². The molecule has 1 atom stereocenters. The largest absolute Gasteiger partial charge is 0.463 e. The second kappa shape index (κ2) is 8.07. The number of urea groups is 1. The number of aryl methyl sites for hydroxylation is 1. The molecular weight excluding hydrogens is 354 g/mol. The van der Waals surface area contributed by atoms with Gasteiger partial charge in [0.25, 0.3) is 0 Å². The Bertz CT molecular complexity index is 836. The maximum atomic E-state index is 12.4. The van der Waals surface area contributed by atoms with E-state index in [-0.39, 0.29) is 36.0 Å². The molecule has 9 nitrogen and oxygen atoms in total. The van der Waals surface area contributed by atoms with Gasteiger partial charge in [0, 0.05) is 11.3 Å². The molecule has 3 N–H and O–H groups in total. The van der Waals surface area contributed by atoms with Gasteiger partial charge < -0.3 is 25.1 Å². The lowest BCUT2D eigenvalue weighted by Gasteiger charge is -2.26. The van der Waals surface area contributed by atoms with Crippen molar-refractivity contribution in [2.75, 3.05) is 13.2 Å². The van der Waals surface area contributed by atoms with E-state index < -0.39 is 24.0 Å². The SMILES string of the molecule is CCOC(=O)C1=C(COC(=O)c2[nH]c(C)c(C(C)=O)c2C)NC(=O)N[C@H]1C. The Kier molecular flexibility index (Phi) is 6.04. The number of aromatic amines is 1. The smallest absolute Gasteiger partial charge is 0.355 e. The van der Waals surface area contributed by atoms with Crippen molar-refractivity contribution in [2.45, 2.75) is 40.7 Å². The van der Waals surface area contributed by atoms with E-state index in [1.54, 1.807) is 27.7 Å². The maximum Gasteiger partial charge on any atom is 0.355 e. The summed E-state index contributed by atoms with van der Waals surface area (Å²) in [5.41, 5.74) is 2.01. The molecule has 0 saturated carbocycles. The third-order valence-corrected chi connectivity index (χ3v) is 4.21. The van der Waals surface area contributed by atoms with Crippen LogP contribution in [0.2, 0.25) is 0 Å². The Labute approximate surface area is 156 Å². The van der Waals surface area contributed by atoms with E-state index >= 15 is 0 Å². The van der Waals surface area contributed by atoms with Crippen LogP contribution in [0.25, 0.3) is 0 Å². The first-order valence-electron chi connectivity index (χ1n) is 8.52. The van der Waals surface area contributed by atoms with E-state index in [1.165, 1.54) is 6.92 Å². The number of rotatable bonds is 6. The summed E-state index contributed by atoms with van der Waals surface area (Å²) in [5.74, 6) is -1.46. The van der Waals surface area contributed by atoms with Crippen molar-refractivity contribution >= 4 is 23.8 Å². The van der Waals surface area contributed by atoms with Crippen LogP contribution in [-0.2, 0) is 14.3 Å². The zero-order chi connectivity index (χ0) is 20.3. The molecule has 1 aliphatic rings. The van der Waals surface area contributed by atoms with Crippen molar-refractivity contribution in [2.24, 2.45) is 0 Å². The Morgan fingerprint density at radius 2 is 1.78 bits per heavy atom. The summed E-state index contributed by atoms with van der Waals surface area (Å²) in [5, 5.41) is 5.04. The highest BCUT2D eigenvalue weighted by Gasteiger charge is 2.30. The first-order chi connectivity index (χ1) is 12.7. The highest BCUT2D eigenvalue weighted by molar-refractivity contribution is 6.01.